The van der Waals surface area contributed by atoms with E-state index in [2.05, 4.69) is 42.8 Å². The molecule has 0 spiro atoms. The summed E-state index contributed by atoms with van der Waals surface area (Å²) in [4.78, 5) is 1.44. The fourth-order valence-corrected chi connectivity index (χ4v) is 2.88. The zero-order valence-corrected chi connectivity index (χ0v) is 11.4. The van der Waals surface area contributed by atoms with Gasteiger partial charge in [0.25, 0.3) is 0 Å². The van der Waals surface area contributed by atoms with Gasteiger partial charge in [0, 0.05) is 23.4 Å². The van der Waals surface area contributed by atoms with Crippen molar-refractivity contribution < 1.29 is 4.74 Å². The molecule has 2 rings (SSSR count). The Bertz CT molecular complexity index is 356. The van der Waals surface area contributed by atoms with Crippen LogP contribution in [0.1, 0.15) is 31.6 Å². The highest BCUT2D eigenvalue weighted by Crippen LogP contribution is 2.26. The van der Waals surface area contributed by atoms with Crippen LogP contribution in [0.2, 0.25) is 0 Å². The molecule has 0 saturated carbocycles. The summed E-state index contributed by atoms with van der Waals surface area (Å²) < 4.78 is 5.54. The van der Waals surface area contributed by atoms with Gasteiger partial charge in [-0.15, -0.1) is 11.3 Å². The van der Waals surface area contributed by atoms with E-state index in [-0.39, 0.29) is 5.41 Å². The first kappa shape index (κ1) is 12.7. The van der Waals surface area contributed by atoms with Crippen LogP contribution in [0.5, 0.6) is 0 Å². The molecule has 1 unspecified atom stereocenters. The monoisotopic (exact) mass is 251 g/mol. The maximum Gasteiger partial charge on any atom is 0.110 e. The topological polar surface area (TPSA) is 21.3 Å². The molecule has 0 radical (unpaired) electrons. The van der Waals surface area contributed by atoms with Crippen molar-refractivity contribution >= 4 is 11.3 Å². The Labute approximate surface area is 108 Å². The smallest absolute Gasteiger partial charge is 0.110 e. The van der Waals surface area contributed by atoms with Gasteiger partial charge < -0.3 is 10.1 Å². The molecular weight excluding hydrogens is 230 g/mol. The van der Waals surface area contributed by atoms with Gasteiger partial charge >= 0.3 is 0 Å². The van der Waals surface area contributed by atoms with Crippen molar-refractivity contribution in [1.29, 1.82) is 0 Å². The standard InChI is InChI=1S/C14H21NOS/c1-14(2,13-7-5-9-17-13)11-15-10-12-6-3-4-8-16-12/h4-5,7-9,12,15H,3,6,10-11H2,1-2H3. The van der Waals surface area contributed by atoms with Crippen LogP contribution in [0, 0.1) is 0 Å². The Morgan fingerprint density at radius 3 is 3.06 bits per heavy atom. The summed E-state index contributed by atoms with van der Waals surface area (Å²) >= 11 is 1.83. The molecule has 0 aliphatic carbocycles. The van der Waals surface area contributed by atoms with Crippen molar-refractivity contribution in [3.63, 3.8) is 0 Å². The van der Waals surface area contributed by atoms with Gasteiger partial charge in [-0.25, -0.2) is 0 Å². The van der Waals surface area contributed by atoms with E-state index in [1.165, 1.54) is 4.88 Å². The Hall–Kier alpha value is -0.800. The number of rotatable bonds is 5. The molecule has 0 saturated heterocycles. The highest BCUT2D eigenvalue weighted by Gasteiger charge is 2.21. The second-order valence-corrected chi connectivity index (χ2v) is 6.15. The van der Waals surface area contributed by atoms with Gasteiger partial charge in [0.05, 0.1) is 6.26 Å². The highest BCUT2D eigenvalue weighted by molar-refractivity contribution is 7.10. The third-order valence-electron chi connectivity index (χ3n) is 3.15. The largest absolute Gasteiger partial charge is 0.497 e. The number of ether oxygens (including phenoxy) is 1. The van der Waals surface area contributed by atoms with Crippen LogP contribution in [0.3, 0.4) is 0 Å². The minimum atomic E-state index is 0.207. The predicted octanol–water partition coefficient (Wildman–Crippen LogP) is 3.31. The summed E-state index contributed by atoms with van der Waals surface area (Å²) in [6, 6.07) is 4.34. The molecule has 0 bridgehead atoms. The summed E-state index contributed by atoms with van der Waals surface area (Å²) in [5, 5.41) is 5.68. The van der Waals surface area contributed by atoms with Crippen LogP contribution in [0.4, 0.5) is 0 Å². The molecule has 1 aromatic rings. The van der Waals surface area contributed by atoms with Gasteiger partial charge in [-0.3, -0.25) is 0 Å². The fraction of sp³-hybridized carbons (Fsp3) is 0.571. The van der Waals surface area contributed by atoms with Crippen LogP contribution in [0.15, 0.2) is 29.9 Å². The third-order valence-corrected chi connectivity index (χ3v) is 4.39. The summed E-state index contributed by atoms with van der Waals surface area (Å²) in [5.41, 5.74) is 0.207. The molecule has 0 fully saturated rings. The quantitative estimate of drug-likeness (QED) is 0.867. The Balaban J connectivity index is 1.76. The van der Waals surface area contributed by atoms with Gasteiger partial charge in [-0.1, -0.05) is 19.9 Å². The van der Waals surface area contributed by atoms with E-state index in [1.54, 1.807) is 0 Å². The zero-order valence-electron chi connectivity index (χ0n) is 10.6. The van der Waals surface area contributed by atoms with E-state index in [9.17, 15) is 0 Å². The van der Waals surface area contributed by atoms with E-state index in [1.807, 2.05) is 17.6 Å². The lowest BCUT2D eigenvalue weighted by atomic mass is 9.91. The molecule has 3 heteroatoms. The Morgan fingerprint density at radius 1 is 1.53 bits per heavy atom. The molecule has 1 aromatic heterocycles. The van der Waals surface area contributed by atoms with Crippen molar-refractivity contribution in [1.82, 2.24) is 5.32 Å². The number of thiophene rings is 1. The predicted molar refractivity (Wildman–Crippen MR) is 73.5 cm³/mol. The summed E-state index contributed by atoms with van der Waals surface area (Å²) in [7, 11) is 0. The molecule has 1 aliphatic heterocycles. The first-order chi connectivity index (χ1) is 8.18. The average molecular weight is 251 g/mol. The highest BCUT2D eigenvalue weighted by atomic mass is 32.1. The maximum atomic E-state index is 5.54. The molecule has 94 valence electrons. The van der Waals surface area contributed by atoms with Crippen molar-refractivity contribution in [3.05, 3.63) is 34.7 Å². The minimum absolute atomic E-state index is 0.207. The summed E-state index contributed by atoms with van der Waals surface area (Å²) in [6.07, 6.45) is 6.54. The van der Waals surface area contributed by atoms with E-state index in [0.29, 0.717) is 6.10 Å². The van der Waals surface area contributed by atoms with E-state index in [0.717, 1.165) is 25.9 Å². The van der Waals surface area contributed by atoms with Crippen LogP contribution in [-0.4, -0.2) is 19.2 Å². The van der Waals surface area contributed by atoms with Crippen molar-refractivity contribution in [3.8, 4) is 0 Å². The number of hydrogen-bond donors (Lipinski definition) is 1. The normalized spacial score (nSPS) is 20.2. The molecular formula is C14H21NOS. The van der Waals surface area contributed by atoms with Crippen LogP contribution < -0.4 is 5.32 Å². The Morgan fingerprint density at radius 2 is 2.41 bits per heavy atom. The minimum Gasteiger partial charge on any atom is -0.497 e. The Kier molecular flexibility index (Phi) is 4.24. The second-order valence-electron chi connectivity index (χ2n) is 5.20. The SMILES string of the molecule is CC(C)(CNCC1CCC=CO1)c1cccs1. The molecule has 2 heterocycles. The number of hydrogen-bond acceptors (Lipinski definition) is 3. The lowest BCUT2D eigenvalue weighted by molar-refractivity contribution is 0.121. The van der Waals surface area contributed by atoms with Gasteiger partial charge in [0.1, 0.15) is 6.10 Å². The van der Waals surface area contributed by atoms with Crippen LogP contribution in [-0.2, 0) is 10.2 Å². The van der Waals surface area contributed by atoms with Crippen molar-refractivity contribution in [2.75, 3.05) is 13.1 Å². The first-order valence-corrected chi connectivity index (χ1v) is 7.11. The van der Waals surface area contributed by atoms with Crippen LogP contribution in [0.25, 0.3) is 0 Å². The van der Waals surface area contributed by atoms with Gasteiger partial charge in [0.15, 0.2) is 0 Å². The van der Waals surface area contributed by atoms with Crippen molar-refractivity contribution in [2.24, 2.45) is 0 Å². The molecule has 2 nitrogen and oxygen atoms in total. The summed E-state index contributed by atoms with van der Waals surface area (Å²) in [5.74, 6) is 0. The van der Waals surface area contributed by atoms with E-state index >= 15 is 0 Å². The molecule has 17 heavy (non-hydrogen) atoms. The van der Waals surface area contributed by atoms with Gasteiger partial charge in [-0.05, 0) is 30.4 Å². The van der Waals surface area contributed by atoms with E-state index < -0.39 is 0 Å². The summed E-state index contributed by atoms with van der Waals surface area (Å²) in [6.45, 7) is 6.51. The van der Waals surface area contributed by atoms with Crippen LogP contribution >= 0.6 is 11.3 Å². The zero-order chi connectivity index (χ0) is 12.1. The maximum absolute atomic E-state index is 5.54. The van der Waals surface area contributed by atoms with Gasteiger partial charge in [-0.2, -0.15) is 0 Å². The lowest BCUT2D eigenvalue weighted by Gasteiger charge is -2.26. The third kappa shape index (κ3) is 3.58. The lowest BCUT2D eigenvalue weighted by Crippen LogP contribution is -2.37. The molecule has 1 aliphatic rings. The fourth-order valence-electron chi connectivity index (χ4n) is 2.03. The van der Waals surface area contributed by atoms with Gasteiger partial charge in [0.2, 0.25) is 0 Å². The first-order valence-electron chi connectivity index (χ1n) is 6.24. The molecule has 0 amide bonds. The van der Waals surface area contributed by atoms with E-state index in [4.69, 9.17) is 4.74 Å². The molecule has 1 atom stereocenters. The second kappa shape index (κ2) is 5.69. The average Bonchev–Trinajstić information content (AvgIpc) is 2.84. The molecule has 0 aromatic carbocycles. The van der Waals surface area contributed by atoms with Crippen molar-refractivity contribution in [2.45, 2.75) is 38.2 Å². The number of nitrogens with one attached hydrogen (secondary N) is 1. The molecule has 1 N–H and O–H groups in total. The number of allylic oxidation sites excluding steroid dienone is 1.